The highest BCUT2D eigenvalue weighted by molar-refractivity contribution is 5.85. The molecule has 1 aromatic carbocycles. The first-order valence-corrected chi connectivity index (χ1v) is 6.89. The Morgan fingerprint density at radius 1 is 1.48 bits per heavy atom. The molecule has 1 aromatic rings. The van der Waals surface area contributed by atoms with E-state index in [-0.39, 0.29) is 24.4 Å². The minimum Gasteiger partial charge on any atom is -0.382 e. The highest BCUT2D eigenvalue weighted by Crippen LogP contribution is 2.09. The van der Waals surface area contributed by atoms with Crippen LogP contribution in [0.3, 0.4) is 0 Å². The van der Waals surface area contributed by atoms with Crippen molar-refractivity contribution in [3.05, 3.63) is 35.9 Å². The molecule has 0 radical (unpaired) electrons. The van der Waals surface area contributed by atoms with Crippen LogP contribution in [0.2, 0.25) is 0 Å². The number of carbonyl (C=O) groups excluding carboxylic acids is 1. The fourth-order valence-electron chi connectivity index (χ4n) is 2.40. The van der Waals surface area contributed by atoms with Gasteiger partial charge in [0.05, 0.1) is 25.4 Å². The van der Waals surface area contributed by atoms with E-state index in [4.69, 9.17) is 15.2 Å². The summed E-state index contributed by atoms with van der Waals surface area (Å²) >= 11 is 0. The lowest BCUT2D eigenvalue weighted by molar-refractivity contribution is -0.142. The topological polar surface area (TPSA) is 64.8 Å². The van der Waals surface area contributed by atoms with Crippen LogP contribution < -0.4 is 5.73 Å². The summed E-state index contributed by atoms with van der Waals surface area (Å²) in [6, 6.07) is 9.33. The highest BCUT2D eigenvalue weighted by Gasteiger charge is 2.27. The SMILES string of the molecule is COCC1CN(C(=O)C(N)Cc2ccccc2)CCO1.Cl. The predicted molar refractivity (Wildman–Crippen MR) is 83.6 cm³/mol. The third kappa shape index (κ3) is 5.28. The lowest BCUT2D eigenvalue weighted by atomic mass is 10.1. The number of nitrogens with zero attached hydrogens (tertiary/aromatic N) is 1. The monoisotopic (exact) mass is 314 g/mol. The number of halogens is 1. The zero-order valence-electron chi connectivity index (χ0n) is 12.2. The van der Waals surface area contributed by atoms with E-state index >= 15 is 0 Å². The molecular formula is C15H23ClN2O3. The van der Waals surface area contributed by atoms with Gasteiger partial charge in [-0.25, -0.2) is 0 Å². The normalized spacial score (nSPS) is 19.7. The summed E-state index contributed by atoms with van der Waals surface area (Å²) in [5.74, 6) is -0.0155. The van der Waals surface area contributed by atoms with E-state index < -0.39 is 6.04 Å². The minimum atomic E-state index is -0.501. The molecule has 2 rings (SSSR count). The molecule has 2 unspecified atom stereocenters. The molecule has 0 aromatic heterocycles. The number of methoxy groups -OCH3 is 1. The van der Waals surface area contributed by atoms with E-state index in [0.717, 1.165) is 5.56 Å². The second-order valence-corrected chi connectivity index (χ2v) is 5.03. The van der Waals surface area contributed by atoms with Crippen molar-refractivity contribution in [2.75, 3.05) is 33.4 Å². The Morgan fingerprint density at radius 3 is 2.86 bits per heavy atom. The van der Waals surface area contributed by atoms with Crippen LogP contribution in [0, 0.1) is 0 Å². The molecular weight excluding hydrogens is 292 g/mol. The maximum atomic E-state index is 12.4. The zero-order chi connectivity index (χ0) is 14.4. The second-order valence-electron chi connectivity index (χ2n) is 5.03. The van der Waals surface area contributed by atoms with Crippen molar-refractivity contribution in [3.8, 4) is 0 Å². The van der Waals surface area contributed by atoms with Crippen LogP contribution in [0.1, 0.15) is 5.56 Å². The minimum absolute atomic E-state index is 0. The molecule has 1 fully saturated rings. The molecule has 21 heavy (non-hydrogen) atoms. The van der Waals surface area contributed by atoms with E-state index in [1.807, 2.05) is 30.3 Å². The summed E-state index contributed by atoms with van der Waals surface area (Å²) in [6.45, 7) is 2.19. The van der Waals surface area contributed by atoms with E-state index in [1.54, 1.807) is 12.0 Å². The van der Waals surface area contributed by atoms with Crippen molar-refractivity contribution in [1.29, 1.82) is 0 Å². The van der Waals surface area contributed by atoms with Crippen LogP contribution >= 0.6 is 12.4 Å². The van der Waals surface area contributed by atoms with Gasteiger partial charge in [0, 0.05) is 20.2 Å². The standard InChI is InChI=1S/C15H22N2O3.ClH/c1-19-11-13-10-17(7-8-20-13)15(18)14(16)9-12-5-3-2-4-6-12;/h2-6,13-14H,7-11,16H2,1H3;1H. The van der Waals surface area contributed by atoms with Gasteiger partial charge < -0.3 is 20.1 Å². The molecule has 0 saturated carbocycles. The third-order valence-electron chi connectivity index (χ3n) is 3.42. The van der Waals surface area contributed by atoms with E-state index in [9.17, 15) is 4.79 Å². The van der Waals surface area contributed by atoms with Crippen LogP contribution in [-0.4, -0.2) is 56.4 Å². The average molecular weight is 315 g/mol. The first-order valence-electron chi connectivity index (χ1n) is 6.89. The fraction of sp³-hybridized carbons (Fsp3) is 0.533. The molecule has 2 N–H and O–H groups in total. The number of hydrogen-bond donors (Lipinski definition) is 1. The van der Waals surface area contributed by atoms with Gasteiger partial charge in [0.15, 0.2) is 0 Å². The molecule has 1 aliphatic rings. The molecule has 0 aliphatic carbocycles. The fourth-order valence-corrected chi connectivity index (χ4v) is 2.40. The predicted octanol–water partition coefficient (Wildman–Crippen LogP) is 0.852. The number of morpholine rings is 1. The lowest BCUT2D eigenvalue weighted by Crippen LogP contribution is -2.52. The summed E-state index contributed by atoms with van der Waals surface area (Å²) in [4.78, 5) is 14.1. The Bertz CT molecular complexity index is 428. The molecule has 0 spiro atoms. The zero-order valence-corrected chi connectivity index (χ0v) is 13.1. The number of benzene rings is 1. The van der Waals surface area contributed by atoms with Gasteiger partial charge >= 0.3 is 0 Å². The van der Waals surface area contributed by atoms with Crippen LogP contribution in [0.25, 0.3) is 0 Å². The maximum Gasteiger partial charge on any atom is 0.239 e. The molecule has 2 atom stereocenters. The smallest absolute Gasteiger partial charge is 0.239 e. The lowest BCUT2D eigenvalue weighted by Gasteiger charge is -2.34. The average Bonchev–Trinajstić information content (AvgIpc) is 2.48. The van der Waals surface area contributed by atoms with Crippen LogP contribution in [0.5, 0.6) is 0 Å². The Balaban J connectivity index is 0.00000220. The van der Waals surface area contributed by atoms with Gasteiger partial charge in [-0.3, -0.25) is 4.79 Å². The first-order chi connectivity index (χ1) is 9.70. The van der Waals surface area contributed by atoms with Gasteiger partial charge in [0.1, 0.15) is 0 Å². The quantitative estimate of drug-likeness (QED) is 0.875. The molecule has 1 amide bonds. The summed E-state index contributed by atoms with van der Waals surface area (Å²) in [6.07, 6.45) is 0.507. The van der Waals surface area contributed by atoms with Crippen molar-refractivity contribution in [2.24, 2.45) is 5.73 Å². The number of nitrogens with two attached hydrogens (primary N) is 1. The summed E-state index contributed by atoms with van der Waals surface area (Å²) in [5.41, 5.74) is 7.11. The second kappa shape index (κ2) is 9.00. The van der Waals surface area contributed by atoms with Crippen molar-refractivity contribution in [3.63, 3.8) is 0 Å². The highest BCUT2D eigenvalue weighted by atomic mass is 35.5. The number of ether oxygens (including phenoxy) is 2. The third-order valence-corrected chi connectivity index (χ3v) is 3.42. The Kier molecular flexibility index (Phi) is 7.67. The Hall–Kier alpha value is -1.14. The van der Waals surface area contributed by atoms with Gasteiger partial charge in [0.2, 0.25) is 5.91 Å². The summed E-state index contributed by atoms with van der Waals surface area (Å²) in [5, 5.41) is 0. The van der Waals surface area contributed by atoms with Crippen molar-refractivity contribution in [2.45, 2.75) is 18.6 Å². The van der Waals surface area contributed by atoms with Crippen molar-refractivity contribution < 1.29 is 14.3 Å². The molecule has 1 heterocycles. The van der Waals surface area contributed by atoms with Gasteiger partial charge in [-0.1, -0.05) is 30.3 Å². The van der Waals surface area contributed by atoms with Crippen LogP contribution in [-0.2, 0) is 20.7 Å². The number of carbonyl (C=O) groups is 1. The van der Waals surface area contributed by atoms with Crippen molar-refractivity contribution in [1.82, 2.24) is 4.90 Å². The van der Waals surface area contributed by atoms with Gasteiger partial charge in [-0.15, -0.1) is 12.4 Å². The summed E-state index contributed by atoms with van der Waals surface area (Å²) < 4.78 is 10.6. The van der Waals surface area contributed by atoms with Crippen molar-refractivity contribution >= 4 is 18.3 Å². The van der Waals surface area contributed by atoms with E-state index in [0.29, 0.717) is 32.7 Å². The molecule has 118 valence electrons. The number of hydrogen-bond acceptors (Lipinski definition) is 4. The maximum absolute atomic E-state index is 12.4. The van der Waals surface area contributed by atoms with Crippen LogP contribution in [0.4, 0.5) is 0 Å². The van der Waals surface area contributed by atoms with Gasteiger partial charge in [0.25, 0.3) is 0 Å². The van der Waals surface area contributed by atoms with E-state index in [2.05, 4.69) is 0 Å². The van der Waals surface area contributed by atoms with Gasteiger partial charge in [-0.05, 0) is 12.0 Å². The van der Waals surface area contributed by atoms with Crippen LogP contribution in [0.15, 0.2) is 30.3 Å². The largest absolute Gasteiger partial charge is 0.382 e. The van der Waals surface area contributed by atoms with Gasteiger partial charge in [-0.2, -0.15) is 0 Å². The Morgan fingerprint density at radius 2 is 2.19 bits per heavy atom. The Labute approximate surface area is 131 Å². The molecule has 5 nitrogen and oxygen atoms in total. The molecule has 1 aliphatic heterocycles. The number of rotatable bonds is 5. The number of amides is 1. The first kappa shape index (κ1) is 17.9. The summed E-state index contributed by atoms with van der Waals surface area (Å²) in [7, 11) is 1.63. The molecule has 1 saturated heterocycles. The van der Waals surface area contributed by atoms with E-state index in [1.165, 1.54) is 0 Å². The molecule has 0 bridgehead atoms. The molecule has 6 heteroatoms.